The molecule has 0 saturated carbocycles. The molecule has 1 aromatic heterocycles. The molecule has 0 radical (unpaired) electrons. The second-order valence-electron chi connectivity index (χ2n) is 12.5. The van der Waals surface area contributed by atoms with Crippen LogP contribution in [-0.4, -0.2) is 17.6 Å². The smallest absolute Gasteiger partial charge is 0.115 e. The van der Waals surface area contributed by atoms with Crippen LogP contribution >= 0.6 is 13.8 Å². The van der Waals surface area contributed by atoms with Gasteiger partial charge in [0.15, 0.2) is 0 Å². The molecule has 0 spiro atoms. The molecule has 0 fully saturated rings. The number of fused-ring (bicyclic) bond motifs is 1. The summed E-state index contributed by atoms with van der Waals surface area (Å²) in [6.45, 7) is 0.327. The van der Waals surface area contributed by atoms with Crippen LogP contribution in [-0.2, 0) is 0 Å². The molecule has 242 valence electrons. The topological polar surface area (TPSA) is 19.4 Å². The Bertz CT molecular complexity index is 2150. The summed E-state index contributed by atoms with van der Waals surface area (Å²) in [5.74, 6) is 0.835. The zero-order valence-corrected chi connectivity index (χ0v) is 29.5. The number of anilines is 4. The number of hydrogen-bond donors (Lipinski definition) is 0. The summed E-state index contributed by atoms with van der Waals surface area (Å²) < 4.78 is 0. The van der Waals surface area contributed by atoms with Gasteiger partial charge in [-0.2, -0.15) is 0 Å². The van der Waals surface area contributed by atoms with Crippen molar-refractivity contribution in [3.63, 3.8) is 0 Å². The molecule has 0 saturated heterocycles. The van der Waals surface area contributed by atoms with Gasteiger partial charge in [0.2, 0.25) is 0 Å². The minimum absolute atomic E-state index is 0.835. The molecule has 3 nitrogen and oxygen atoms in total. The van der Waals surface area contributed by atoms with Crippen LogP contribution in [0.25, 0.3) is 0 Å². The van der Waals surface area contributed by atoms with Crippen LogP contribution in [0.3, 0.4) is 0 Å². The second kappa shape index (κ2) is 13.0. The number of aromatic nitrogens is 1. The molecule has 1 aliphatic rings. The number of hydrogen-bond acceptors (Lipinski definition) is 3. The molecule has 0 amide bonds. The van der Waals surface area contributed by atoms with E-state index in [1.807, 2.05) is 12.4 Å². The van der Waals surface area contributed by atoms with E-state index >= 15 is 0 Å². The molecule has 0 unspecified atom stereocenters. The summed E-state index contributed by atoms with van der Waals surface area (Å²) in [6, 6.07) is 62.5. The van der Waals surface area contributed by atoms with Crippen LogP contribution in [0.4, 0.5) is 22.7 Å². The van der Waals surface area contributed by atoms with Gasteiger partial charge in [-0.15, -0.1) is 0 Å². The highest BCUT2D eigenvalue weighted by Gasteiger charge is 2.34. The zero-order chi connectivity index (χ0) is 34.1. The SMILES string of the molecule is C=C1N(c2cccc(P(=C)(c3ccccc3)c3ccccc3)c2)c2ccncc2N1c1cccc(P(=C)(c2ccccc2)c2ccccc2)c1. The highest BCUT2D eigenvalue weighted by Crippen LogP contribution is 2.50. The van der Waals surface area contributed by atoms with Crippen molar-refractivity contribution < 1.29 is 0 Å². The third-order valence-electron chi connectivity index (χ3n) is 9.62. The van der Waals surface area contributed by atoms with E-state index in [2.05, 4.69) is 191 Å². The Morgan fingerprint density at radius 3 is 1.16 bits per heavy atom. The Morgan fingerprint density at radius 2 is 0.760 bits per heavy atom. The summed E-state index contributed by atoms with van der Waals surface area (Å²) in [4.78, 5) is 9.04. The minimum atomic E-state index is -2.19. The quantitative estimate of drug-likeness (QED) is 0.151. The first kappa shape index (κ1) is 31.7. The van der Waals surface area contributed by atoms with E-state index < -0.39 is 13.8 Å². The molecule has 2 heterocycles. The summed E-state index contributed by atoms with van der Waals surface area (Å²) in [5, 5.41) is 7.35. The fraction of sp³-hybridized carbons (Fsp3) is 0. The average Bonchev–Trinajstić information content (AvgIpc) is 3.50. The molecule has 5 heteroatoms. The summed E-state index contributed by atoms with van der Waals surface area (Å²) >= 11 is 0. The predicted octanol–water partition coefficient (Wildman–Crippen LogP) is 8.29. The highest BCUT2D eigenvalue weighted by molar-refractivity contribution is 7.93. The van der Waals surface area contributed by atoms with Crippen molar-refractivity contribution in [3.05, 3.63) is 201 Å². The van der Waals surface area contributed by atoms with Gasteiger partial charge in [-0.25, -0.2) is 0 Å². The standard InChI is InChI=1S/C45H37N3P2/c1-35-47(36-18-16-28-42(32-36)49(2,38-20-8-4-9-21-38)39-22-10-5-11-23-39)44-30-31-46-34-45(44)48(35)37-19-17-29-43(33-37)50(3,40-24-12-6-13-25-40)41-26-14-7-15-27-41/h4-34H,1-3H2. The van der Waals surface area contributed by atoms with E-state index in [1.165, 1.54) is 31.8 Å². The molecular formula is C45H37N3P2. The van der Waals surface area contributed by atoms with Crippen molar-refractivity contribution >= 4 is 80.9 Å². The summed E-state index contributed by atoms with van der Waals surface area (Å²) in [5.41, 5.74) is 4.06. The lowest BCUT2D eigenvalue weighted by Gasteiger charge is -2.30. The van der Waals surface area contributed by atoms with Gasteiger partial charge >= 0.3 is 0 Å². The summed E-state index contributed by atoms with van der Waals surface area (Å²) in [7, 11) is 0. The highest BCUT2D eigenvalue weighted by atomic mass is 31.2. The maximum atomic E-state index is 5.00. The number of benzene rings is 6. The third-order valence-corrected chi connectivity index (χ3v) is 16.7. The van der Waals surface area contributed by atoms with Gasteiger partial charge < -0.3 is 0 Å². The van der Waals surface area contributed by atoms with Crippen LogP contribution in [0.1, 0.15) is 0 Å². The lowest BCUT2D eigenvalue weighted by atomic mass is 10.2. The van der Waals surface area contributed by atoms with E-state index in [9.17, 15) is 0 Å². The maximum Gasteiger partial charge on any atom is 0.115 e. The third kappa shape index (κ3) is 5.28. The fourth-order valence-electron chi connectivity index (χ4n) is 7.06. The normalized spacial score (nSPS) is 12.9. The van der Waals surface area contributed by atoms with Gasteiger partial charge in [-0.3, -0.25) is 14.8 Å². The molecule has 50 heavy (non-hydrogen) atoms. The largest absolute Gasteiger partial charge is 0.294 e. The van der Waals surface area contributed by atoms with Crippen LogP contribution in [0.5, 0.6) is 0 Å². The van der Waals surface area contributed by atoms with Crippen molar-refractivity contribution in [2.24, 2.45) is 0 Å². The predicted molar refractivity (Wildman–Crippen MR) is 222 cm³/mol. The molecule has 0 aliphatic carbocycles. The van der Waals surface area contributed by atoms with Crippen molar-refractivity contribution in [2.75, 3.05) is 9.80 Å². The molecular weight excluding hydrogens is 644 g/mol. The van der Waals surface area contributed by atoms with Gasteiger partial charge in [0, 0.05) is 17.6 Å². The van der Waals surface area contributed by atoms with Gasteiger partial charge in [-0.1, -0.05) is 165 Å². The Kier molecular flexibility index (Phi) is 8.25. The van der Waals surface area contributed by atoms with Gasteiger partial charge in [0.05, 0.1) is 17.6 Å². The van der Waals surface area contributed by atoms with Gasteiger partial charge in [-0.05, 0) is 75.9 Å². The molecule has 0 bridgehead atoms. The number of nitrogens with zero attached hydrogens (tertiary/aromatic N) is 3. The lowest BCUT2D eigenvalue weighted by molar-refractivity contribution is 1.14. The Hall–Kier alpha value is -5.59. The van der Waals surface area contributed by atoms with Crippen LogP contribution in [0.2, 0.25) is 0 Å². The lowest BCUT2D eigenvalue weighted by Crippen LogP contribution is -2.27. The van der Waals surface area contributed by atoms with Crippen molar-refractivity contribution in [1.29, 1.82) is 0 Å². The summed E-state index contributed by atoms with van der Waals surface area (Å²) in [6.07, 6.45) is 13.8. The molecule has 8 rings (SSSR count). The molecule has 1 aliphatic heterocycles. The van der Waals surface area contributed by atoms with Crippen LogP contribution in [0, 0.1) is 0 Å². The van der Waals surface area contributed by atoms with E-state index in [1.54, 1.807) is 0 Å². The van der Waals surface area contributed by atoms with Gasteiger partial charge in [0.1, 0.15) is 5.82 Å². The fourth-order valence-corrected chi connectivity index (χ4v) is 13.0. The molecule has 0 atom stereocenters. The first-order valence-electron chi connectivity index (χ1n) is 16.6. The van der Waals surface area contributed by atoms with Crippen molar-refractivity contribution in [2.45, 2.75) is 0 Å². The number of pyridine rings is 1. The average molecular weight is 682 g/mol. The minimum Gasteiger partial charge on any atom is -0.294 e. The van der Waals surface area contributed by atoms with Crippen molar-refractivity contribution in [1.82, 2.24) is 4.98 Å². The van der Waals surface area contributed by atoms with E-state index in [-0.39, 0.29) is 0 Å². The Balaban J connectivity index is 1.24. The second-order valence-corrected chi connectivity index (χ2v) is 18.8. The molecule has 0 N–H and O–H groups in total. The zero-order valence-electron chi connectivity index (χ0n) is 27.8. The first-order chi connectivity index (χ1) is 24.5. The first-order valence-corrected chi connectivity index (χ1v) is 20.6. The number of rotatable bonds is 8. The van der Waals surface area contributed by atoms with Crippen molar-refractivity contribution in [3.8, 4) is 0 Å². The Labute approximate surface area is 295 Å². The van der Waals surface area contributed by atoms with E-state index in [0.29, 0.717) is 0 Å². The van der Waals surface area contributed by atoms with E-state index in [4.69, 9.17) is 19.2 Å². The van der Waals surface area contributed by atoms with Crippen LogP contribution < -0.4 is 41.6 Å². The van der Waals surface area contributed by atoms with Crippen LogP contribution in [0.15, 0.2) is 201 Å². The van der Waals surface area contributed by atoms with E-state index in [0.717, 1.165) is 28.6 Å². The monoisotopic (exact) mass is 681 g/mol. The maximum absolute atomic E-state index is 5.00. The Morgan fingerprint density at radius 1 is 0.400 bits per heavy atom. The molecule has 6 aromatic carbocycles. The van der Waals surface area contributed by atoms with Gasteiger partial charge in [0.25, 0.3) is 0 Å². The molecule has 7 aromatic rings.